The second-order valence-corrected chi connectivity index (χ2v) is 9.02. The number of nitrogens with one attached hydrogen (secondary N) is 1. The number of aromatic nitrogens is 3. The summed E-state index contributed by atoms with van der Waals surface area (Å²) in [6, 6.07) is 12.2. The Balaban J connectivity index is 1.67. The molecule has 6 nitrogen and oxygen atoms in total. The van der Waals surface area contributed by atoms with E-state index >= 15 is 0 Å². The fourth-order valence-corrected chi connectivity index (χ4v) is 5.07. The third-order valence-electron chi connectivity index (χ3n) is 4.42. The Morgan fingerprint density at radius 2 is 2.03 bits per heavy atom. The quantitative estimate of drug-likeness (QED) is 0.221. The first-order valence-electron chi connectivity index (χ1n) is 9.34. The summed E-state index contributed by atoms with van der Waals surface area (Å²) in [5, 5.41) is 0.432. The Hall–Kier alpha value is -2.69. The zero-order valence-corrected chi connectivity index (χ0v) is 19.1. The fraction of sp³-hybridized carbons (Fsp3) is 0.190. The molecule has 0 amide bonds. The van der Waals surface area contributed by atoms with Crippen LogP contribution in [0, 0.1) is 9.77 Å². The zero-order chi connectivity index (χ0) is 22.0. The number of nitrogens with zero attached hydrogens (tertiary/aromatic N) is 2. The lowest BCUT2D eigenvalue weighted by Crippen LogP contribution is -2.09. The summed E-state index contributed by atoms with van der Waals surface area (Å²) in [5.41, 5.74) is 1.78. The molecule has 160 valence electrons. The third kappa shape index (κ3) is 4.51. The van der Waals surface area contributed by atoms with E-state index in [-0.39, 0.29) is 11.3 Å². The number of benzene rings is 2. The zero-order valence-electron chi connectivity index (χ0n) is 16.7. The molecule has 0 aliphatic rings. The van der Waals surface area contributed by atoms with Crippen LogP contribution < -0.4 is 15.0 Å². The van der Waals surface area contributed by atoms with E-state index in [1.807, 2.05) is 31.2 Å². The van der Waals surface area contributed by atoms with E-state index in [1.165, 1.54) is 36.3 Å². The molecule has 4 aromatic rings. The lowest BCUT2D eigenvalue weighted by molar-refractivity contribution is 0.340. The van der Waals surface area contributed by atoms with Crippen LogP contribution in [0.3, 0.4) is 0 Å². The highest BCUT2D eigenvalue weighted by atomic mass is 32.2. The molecule has 0 saturated heterocycles. The number of rotatable bonds is 7. The van der Waals surface area contributed by atoms with E-state index < -0.39 is 5.82 Å². The van der Waals surface area contributed by atoms with E-state index in [2.05, 4.69) is 9.97 Å². The van der Waals surface area contributed by atoms with Crippen LogP contribution in [0.4, 0.5) is 4.39 Å². The monoisotopic (exact) mass is 475 g/mol. The summed E-state index contributed by atoms with van der Waals surface area (Å²) < 4.78 is 27.1. The number of H-pyrrole nitrogens is 1. The summed E-state index contributed by atoms with van der Waals surface area (Å²) in [6.07, 6.45) is 0. The van der Waals surface area contributed by atoms with Gasteiger partial charge in [-0.15, -0.1) is 0 Å². The molecule has 10 heteroatoms. The summed E-state index contributed by atoms with van der Waals surface area (Å²) in [5.74, 6) is 0.948. The molecule has 1 N–H and O–H groups in total. The summed E-state index contributed by atoms with van der Waals surface area (Å²) in [4.78, 5) is 20.0. The minimum Gasteiger partial charge on any atom is -0.494 e. The maximum Gasteiger partial charge on any atom is 0.271 e. The maximum absolute atomic E-state index is 13.9. The molecule has 0 radical (unpaired) electrons. The van der Waals surface area contributed by atoms with Gasteiger partial charge in [0.05, 0.1) is 13.7 Å². The predicted octanol–water partition coefficient (Wildman–Crippen LogP) is 5.34. The third-order valence-corrected chi connectivity index (χ3v) is 6.72. The molecule has 4 rings (SSSR count). The van der Waals surface area contributed by atoms with Gasteiger partial charge in [-0.2, -0.15) is 0 Å². The van der Waals surface area contributed by atoms with Crippen molar-refractivity contribution in [1.82, 2.24) is 14.5 Å². The van der Waals surface area contributed by atoms with Crippen LogP contribution in [0.25, 0.3) is 16.0 Å². The van der Waals surface area contributed by atoms with Gasteiger partial charge in [0.2, 0.25) is 0 Å². The Morgan fingerprint density at radius 1 is 1.26 bits per heavy atom. The molecule has 2 heterocycles. The number of halogens is 1. The van der Waals surface area contributed by atoms with Gasteiger partial charge in [-0.1, -0.05) is 29.2 Å². The van der Waals surface area contributed by atoms with Crippen LogP contribution in [-0.2, 0) is 5.75 Å². The molecule has 0 spiro atoms. The van der Waals surface area contributed by atoms with Crippen molar-refractivity contribution in [3.63, 3.8) is 0 Å². The second-order valence-electron chi connectivity index (χ2n) is 6.41. The molecular weight excluding hydrogens is 457 g/mol. The molecule has 0 aliphatic carbocycles. The van der Waals surface area contributed by atoms with E-state index in [0.717, 1.165) is 17.0 Å². The topological polar surface area (TPSA) is 69.1 Å². The Labute approximate surface area is 190 Å². The molecule has 31 heavy (non-hydrogen) atoms. The van der Waals surface area contributed by atoms with Crippen LogP contribution in [-0.4, -0.2) is 28.3 Å². The van der Waals surface area contributed by atoms with Crippen LogP contribution in [0.1, 0.15) is 12.5 Å². The van der Waals surface area contributed by atoms with Crippen molar-refractivity contribution in [2.45, 2.75) is 17.8 Å². The number of thiazole rings is 1. The first-order valence-corrected chi connectivity index (χ1v) is 11.6. The number of thioether (sulfide) groups is 1. The van der Waals surface area contributed by atoms with E-state index in [0.29, 0.717) is 31.8 Å². The van der Waals surface area contributed by atoms with Gasteiger partial charge >= 0.3 is 0 Å². The van der Waals surface area contributed by atoms with E-state index in [4.69, 9.17) is 21.7 Å². The number of aromatic amines is 1. The second kappa shape index (κ2) is 9.21. The molecule has 0 saturated carbocycles. The molecular formula is C21H18FN3O3S3. The molecule has 0 bridgehead atoms. The molecule has 0 fully saturated rings. The summed E-state index contributed by atoms with van der Waals surface area (Å²) in [6.45, 7) is 2.50. The van der Waals surface area contributed by atoms with Gasteiger partial charge in [0.15, 0.2) is 26.3 Å². The number of hydrogen-bond acceptors (Lipinski definition) is 7. The number of ether oxygens (including phenoxy) is 2. The molecule has 2 aromatic heterocycles. The minimum atomic E-state index is -0.431. The normalized spacial score (nSPS) is 11.1. The van der Waals surface area contributed by atoms with Gasteiger partial charge in [-0.05, 0) is 61.1 Å². The van der Waals surface area contributed by atoms with Crippen molar-refractivity contribution in [1.29, 1.82) is 0 Å². The number of methoxy groups -OCH3 is 1. The highest BCUT2D eigenvalue weighted by molar-refractivity contribution is 7.98. The Bertz CT molecular complexity index is 1350. The molecule has 2 aromatic carbocycles. The standard InChI is InChI=1S/C21H18FN3O3S3/c1-3-28-14-7-5-13(6-8-14)25-18-17(31-21(25)29)19(26)24-20(23-18)30-11-12-4-9-16(27-2)15(22)10-12/h4-10H,3,11H2,1-2H3,(H,23,24,26). The SMILES string of the molecule is CCOc1ccc(-n2c(=S)sc3c(=O)[nH]c(SCc4ccc(OC)c(F)c4)nc32)cc1. The number of hydrogen-bond donors (Lipinski definition) is 1. The average Bonchev–Trinajstić information content (AvgIpc) is 3.10. The molecule has 0 atom stereocenters. The lowest BCUT2D eigenvalue weighted by Gasteiger charge is -2.08. The molecule has 0 aliphatic heterocycles. The van der Waals surface area contributed by atoms with Gasteiger partial charge in [-0.25, -0.2) is 9.37 Å². The van der Waals surface area contributed by atoms with Crippen molar-refractivity contribution in [3.8, 4) is 17.2 Å². The van der Waals surface area contributed by atoms with E-state index in [1.54, 1.807) is 16.7 Å². The van der Waals surface area contributed by atoms with Crippen molar-refractivity contribution in [3.05, 3.63) is 68.2 Å². The van der Waals surface area contributed by atoms with Crippen molar-refractivity contribution in [2.24, 2.45) is 0 Å². The predicted molar refractivity (Wildman–Crippen MR) is 124 cm³/mol. The maximum atomic E-state index is 13.9. The lowest BCUT2D eigenvalue weighted by atomic mass is 10.2. The van der Waals surface area contributed by atoms with Gasteiger partial charge < -0.3 is 14.5 Å². The largest absolute Gasteiger partial charge is 0.494 e. The van der Waals surface area contributed by atoms with Gasteiger partial charge in [0.25, 0.3) is 5.56 Å². The highest BCUT2D eigenvalue weighted by Gasteiger charge is 2.14. The Morgan fingerprint density at radius 3 is 2.71 bits per heavy atom. The summed E-state index contributed by atoms with van der Waals surface area (Å²) >= 11 is 8.02. The van der Waals surface area contributed by atoms with Crippen molar-refractivity contribution >= 4 is 45.7 Å². The van der Waals surface area contributed by atoms with Gasteiger partial charge in [0, 0.05) is 11.4 Å². The minimum absolute atomic E-state index is 0.189. The highest BCUT2D eigenvalue weighted by Crippen LogP contribution is 2.27. The van der Waals surface area contributed by atoms with Gasteiger partial charge in [-0.3, -0.25) is 9.36 Å². The van der Waals surface area contributed by atoms with Crippen molar-refractivity contribution in [2.75, 3.05) is 13.7 Å². The van der Waals surface area contributed by atoms with Gasteiger partial charge in [0.1, 0.15) is 10.4 Å². The van der Waals surface area contributed by atoms with Crippen molar-refractivity contribution < 1.29 is 13.9 Å². The molecule has 0 unspecified atom stereocenters. The fourth-order valence-electron chi connectivity index (χ4n) is 3.00. The van der Waals surface area contributed by atoms with Crippen LogP contribution >= 0.6 is 35.3 Å². The van der Waals surface area contributed by atoms with Crippen LogP contribution in [0.15, 0.2) is 52.4 Å². The van der Waals surface area contributed by atoms with Crippen LogP contribution in [0.5, 0.6) is 11.5 Å². The first kappa shape index (κ1) is 21.5. The Kier molecular flexibility index (Phi) is 6.40. The van der Waals surface area contributed by atoms with Crippen LogP contribution in [0.2, 0.25) is 0 Å². The van der Waals surface area contributed by atoms with E-state index in [9.17, 15) is 9.18 Å². The smallest absolute Gasteiger partial charge is 0.271 e. The summed E-state index contributed by atoms with van der Waals surface area (Å²) in [7, 11) is 1.42. The first-order chi connectivity index (χ1) is 15.0. The average molecular weight is 476 g/mol. The number of fused-ring (bicyclic) bond motifs is 1.